The maximum atomic E-state index is 14.0. The molecule has 21 heavy (non-hydrogen) atoms. The van der Waals surface area contributed by atoms with Gasteiger partial charge in [-0.3, -0.25) is 9.78 Å². The van der Waals surface area contributed by atoms with Gasteiger partial charge in [0.1, 0.15) is 5.82 Å². The minimum atomic E-state index is -0.670. The van der Waals surface area contributed by atoms with Gasteiger partial charge in [0.15, 0.2) is 0 Å². The summed E-state index contributed by atoms with van der Waals surface area (Å²) in [5.74, 6) is -1.15. The van der Waals surface area contributed by atoms with Gasteiger partial charge in [0.2, 0.25) is 0 Å². The van der Waals surface area contributed by atoms with Gasteiger partial charge in [-0.15, -0.1) is 0 Å². The molecular formula is C15H17FN4O. The molecule has 1 heterocycles. The quantitative estimate of drug-likeness (QED) is 0.818. The number of aromatic nitrogens is 1. The first kappa shape index (κ1) is 14.8. The molecule has 0 saturated carbocycles. The van der Waals surface area contributed by atoms with Crippen molar-refractivity contribution in [2.75, 3.05) is 24.2 Å². The summed E-state index contributed by atoms with van der Waals surface area (Å²) in [4.78, 5) is 17.0. The average Bonchev–Trinajstić information content (AvgIpc) is 2.45. The molecule has 2 rings (SSSR count). The highest BCUT2D eigenvalue weighted by Crippen LogP contribution is 2.24. The number of nitrogens with two attached hydrogens (primary N) is 2. The molecule has 0 radical (unpaired) electrons. The van der Waals surface area contributed by atoms with E-state index in [0.29, 0.717) is 12.2 Å². The van der Waals surface area contributed by atoms with Crippen LogP contribution >= 0.6 is 0 Å². The number of amides is 1. The maximum Gasteiger partial charge on any atom is 0.250 e. The normalized spacial score (nSPS) is 10.4. The predicted molar refractivity (Wildman–Crippen MR) is 80.5 cm³/mol. The molecule has 1 aromatic carbocycles. The maximum absolute atomic E-state index is 14.0. The first-order valence-corrected chi connectivity index (χ1v) is 6.48. The molecule has 110 valence electrons. The number of nitrogens with zero attached hydrogens (tertiary/aromatic N) is 2. The van der Waals surface area contributed by atoms with Gasteiger partial charge >= 0.3 is 0 Å². The number of benzene rings is 1. The average molecular weight is 288 g/mol. The third-order valence-corrected chi connectivity index (χ3v) is 3.28. The highest BCUT2D eigenvalue weighted by atomic mass is 19.1. The Labute approximate surface area is 122 Å². The number of primary amides is 1. The second-order valence-electron chi connectivity index (χ2n) is 4.78. The largest absolute Gasteiger partial charge is 0.398 e. The fourth-order valence-corrected chi connectivity index (χ4v) is 2.05. The SMILES string of the molecule is CN(CCc1ccncc1)c1cc(C(N)=O)c(N)cc1F. The standard InChI is InChI=1S/C15H17FN4O/c1-20(7-4-10-2-5-19-6-3-10)14-8-11(15(18)21)13(17)9-12(14)16/h2-3,5-6,8-9H,4,7,17H2,1H3,(H2,18,21). The van der Waals surface area contributed by atoms with Crippen molar-refractivity contribution < 1.29 is 9.18 Å². The van der Waals surface area contributed by atoms with Crippen LogP contribution in [0.4, 0.5) is 15.8 Å². The van der Waals surface area contributed by atoms with Gasteiger partial charge in [-0.1, -0.05) is 0 Å². The molecule has 1 amide bonds. The first-order valence-electron chi connectivity index (χ1n) is 6.48. The van der Waals surface area contributed by atoms with Crippen molar-refractivity contribution in [3.8, 4) is 0 Å². The second-order valence-corrected chi connectivity index (χ2v) is 4.78. The number of carbonyl (C=O) groups is 1. The Balaban J connectivity index is 2.17. The third-order valence-electron chi connectivity index (χ3n) is 3.28. The zero-order valence-electron chi connectivity index (χ0n) is 11.7. The number of halogens is 1. The van der Waals surface area contributed by atoms with E-state index in [1.54, 1.807) is 24.3 Å². The lowest BCUT2D eigenvalue weighted by Gasteiger charge is -2.21. The monoisotopic (exact) mass is 288 g/mol. The summed E-state index contributed by atoms with van der Waals surface area (Å²) < 4.78 is 14.0. The summed E-state index contributed by atoms with van der Waals surface area (Å²) in [6, 6.07) is 6.32. The molecule has 0 aliphatic rings. The van der Waals surface area contributed by atoms with E-state index in [2.05, 4.69) is 4.98 Å². The summed E-state index contributed by atoms with van der Waals surface area (Å²) >= 11 is 0. The highest BCUT2D eigenvalue weighted by Gasteiger charge is 2.14. The highest BCUT2D eigenvalue weighted by molar-refractivity contribution is 5.99. The molecule has 0 aliphatic carbocycles. The number of hydrogen-bond donors (Lipinski definition) is 2. The number of nitrogen functional groups attached to an aromatic ring is 1. The molecule has 2 aromatic rings. The van der Waals surface area contributed by atoms with E-state index in [1.165, 1.54) is 6.07 Å². The van der Waals surface area contributed by atoms with Crippen LogP contribution in [0.5, 0.6) is 0 Å². The second kappa shape index (κ2) is 6.21. The number of hydrogen-bond acceptors (Lipinski definition) is 4. The Bertz CT molecular complexity index is 646. The summed E-state index contributed by atoms with van der Waals surface area (Å²) in [5, 5.41) is 0. The number of rotatable bonds is 5. The Morgan fingerprint density at radius 2 is 2.00 bits per heavy atom. The molecule has 0 spiro atoms. The van der Waals surface area contributed by atoms with Crippen LogP contribution in [0.1, 0.15) is 15.9 Å². The smallest absolute Gasteiger partial charge is 0.250 e. The molecule has 5 nitrogen and oxygen atoms in total. The van der Waals surface area contributed by atoms with Crippen molar-refractivity contribution in [1.29, 1.82) is 0 Å². The van der Waals surface area contributed by atoms with Crippen molar-refractivity contribution >= 4 is 17.3 Å². The molecule has 0 atom stereocenters. The molecule has 0 aliphatic heterocycles. The molecule has 6 heteroatoms. The van der Waals surface area contributed by atoms with Crippen LogP contribution in [-0.4, -0.2) is 24.5 Å². The van der Waals surface area contributed by atoms with Crippen molar-refractivity contribution in [2.45, 2.75) is 6.42 Å². The lowest BCUT2D eigenvalue weighted by Crippen LogP contribution is -2.23. The number of likely N-dealkylation sites (N-methyl/N-ethyl adjacent to an activating group) is 1. The Kier molecular flexibility index (Phi) is 4.37. The van der Waals surface area contributed by atoms with Crippen LogP contribution in [0.3, 0.4) is 0 Å². The van der Waals surface area contributed by atoms with Crippen molar-refractivity contribution in [3.05, 3.63) is 53.6 Å². The molecule has 0 saturated heterocycles. The van der Waals surface area contributed by atoms with E-state index in [1.807, 2.05) is 12.1 Å². The van der Waals surface area contributed by atoms with Crippen LogP contribution in [-0.2, 0) is 6.42 Å². The van der Waals surface area contributed by atoms with Gasteiger partial charge in [-0.25, -0.2) is 4.39 Å². The van der Waals surface area contributed by atoms with Gasteiger partial charge in [0.05, 0.1) is 11.3 Å². The van der Waals surface area contributed by atoms with Gasteiger partial charge < -0.3 is 16.4 Å². The molecule has 0 unspecified atom stereocenters. The van der Waals surface area contributed by atoms with Crippen molar-refractivity contribution in [1.82, 2.24) is 4.98 Å². The van der Waals surface area contributed by atoms with Crippen LogP contribution < -0.4 is 16.4 Å². The zero-order chi connectivity index (χ0) is 15.4. The van der Waals surface area contributed by atoms with Crippen LogP contribution in [0.2, 0.25) is 0 Å². The number of pyridine rings is 1. The van der Waals surface area contributed by atoms with Gasteiger partial charge in [-0.2, -0.15) is 0 Å². The van der Waals surface area contributed by atoms with E-state index in [-0.39, 0.29) is 11.3 Å². The zero-order valence-corrected chi connectivity index (χ0v) is 11.7. The Morgan fingerprint density at radius 3 is 2.62 bits per heavy atom. The van der Waals surface area contributed by atoms with Crippen molar-refractivity contribution in [2.24, 2.45) is 5.73 Å². The predicted octanol–water partition coefficient (Wildman–Crippen LogP) is 1.58. The lowest BCUT2D eigenvalue weighted by atomic mass is 10.1. The summed E-state index contributed by atoms with van der Waals surface area (Å²) in [6.45, 7) is 0.586. The molecule has 4 N–H and O–H groups in total. The van der Waals surface area contributed by atoms with Crippen molar-refractivity contribution in [3.63, 3.8) is 0 Å². The third kappa shape index (κ3) is 3.47. The van der Waals surface area contributed by atoms with E-state index in [4.69, 9.17) is 11.5 Å². The van der Waals surface area contributed by atoms with E-state index >= 15 is 0 Å². The minimum Gasteiger partial charge on any atom is -0.398 e. The lowest BCUT2D eigenvalue weighted by molar-refractivity contribution is 0.100. The topological polar surface area (TPSA) is 85.2 Å². The molecule has 1 aromatic heterocycles. The Hall–Kier alpha value is -2.63. The fraction of sp³-hybridized carbons (Fsp3) is 0.200. The molecule has 0 fully saturated rings. The van der Waals surface area contributed by atoms with Gasteiger partial charge in [-0.05, 0) is 36.2 Å². The number of anilines is 2. The van der Waals surface area contributed by atoms with E-state index in [9.17, 15) is 9.18 Å². The van der Waals surface area contributed by atoms with Crippen LogP contribution in [0.15, 0.2) is 36.7 Å². The summed E-state index contributed by atoms with van der Waals surface area (Å²) in [5.41, 5.74) is 12.4. The minimum absolute atomic E-state index is 0.0475. The summed E-state index contributed by atoms with van der Waals surface area (Å²) in [6.07, 6.45) is 4.16. The first-order chi connectivity index (χ1) is 9.99. The summed E-state index contributed by atoms with van der Waals surface area (Å²) in [7, 11) is 1.75. The molecule has 0 bridgehead atoms. The van der Waals surface area contributed by atoms with E-state index in [0.717, 1.165) is 18.1 Å². The molecular weight excluding hydrogens is 271 g/mol. The van der Waals surface area contributed by atoms with Gasteiger partial charge in [0.25, 0.3) is 5.91 Å². The fourth-order valence-electron chi connectivity index (χ4n) is 2.05. The van der Waals surface area contributed by atoms with Crippen LogP contribution in [0, 0.1) is 5.82 Å². The van der Waals surface area contributed by atoms with E-state index < -0.39 is 11.7 Å². The van der Waals surface area contributed by atoms with Gasteiger partial charge in [0, 0.05) is 31.7 Å². The van der Waals surface area contributed by atoms with Crippen LogP contribution in [0.25, 0.3) is 0 Å². The Morgan fingerprint density at radius 1 is 1.33 bits per heavy atom. The number of carbonyl (C=O) groups excluding carboxylic acids is 1.